The third-order valence-corrected chi connectivity index (χ3v) is 4.23. The van der Waals surface area contributed by atoms with Crippen molar-refractivity contribution in [3.05, 3.63) is 64.7 Å². The van der Waals surface area contributed by atoms with Gasteiger partial charge in [0.1, 0.15) is 5.82 Å². The van der Waals surface area contributed by atoms with Crippen LogP contribution in [0.15, 0.2) is 48.5 Å². The highest BCUT2D eigenvalue weighted by atomic mass is 35.5. The van der Waals surface area contributed by atoms with Crippen LogP contribution in [0.2, 0.25) is 5.02 Å². The first kappa shape index (κ1) is 13.9. The SMILES string of the molecule is N#Cc1ccc(-n2nc(-c3cccc(Cl)c3)c3c2NCC3)cc1. The summed E-state index contributed by atoms with van der Waals surface area (Å²) < 4.78 is 1.90. The number of hydrogen-bond donors (Lipinski definition) is 1. The summed E-state index contributed by atoms with van der Waals surface area (Å²) in [6, 6.07) is 17.3. The molecule has 0 radical (unpaired) electrons. The van der Waals surface area contributed by atoms with E-state index in [-0.39, 0.29) is 0 Å². The molecule has 5 heteroatoms. The first-order valence-corrected chi connectivity index (χ1v) is 7.76. The van der Waals surface area contributed by atoms with E-state index in [1.165, 1.54) is 5.56 Å². The number of rotatable bonds is 2. The minimum absolute atomic E-state index is 0.639. The molecule has 1 aliphatic rings. The van der Waals surface area contributed by atoms with Crippen LogP contribution in [-0.2, 0) is 6.42 Å². The van der Waals surface area contributed by atoms with E-state index in [2.05, 4.69) is 11.4 Å². The number of anilines is 1. The molecular formula is C18H13ClN4. The second kappa shape index (κ2) is 5.45. The van der Waals surface area contributed by atoms with Crippen molar-refractivity contribution in [2.75, 3.05) is 11.9 Å². The molecule has 0 unspecified atom stereocenters. The quantitative estimate of drug-likeness (QED) is 0.775. The molecule has 2 aromatic carbocycles. The van der Waals surface area contributed by atoms with Crippen LogP contribution in [0, 0.1) is 11.3 Å². The van der Waals surface area contributed by atoms with Crippen LogP contribution in [0.4, 0.5) is 5.82 Å². The Hall–Kier alpha value is -2.77. The molecule has 0 bridgehead atoms. The maximum Gasteiger partial charge on any atom is 0.133 e. The van der Waals surface area contributed by atoms with E-state index in [4.69, 9.17) is 22.0 Å². The van der Waals surface area contributed by atoms with Gasteiger partial charge in [0.05, 0.1) is 23.0 Å². The van der Waals surface area contributed by atoms with Crippen LogP contribution in [0.25, 0.3) is 16.9 Å². The van der Waals surface area contributed by atoms with Crippen molar-refractivity contribution in [2.45, 2.75) is 6.42 Å². The molecule has 4 rings (SSSR count). The average Bonchev–Trinajstić information content (AvgIpc) is 3.17. The Bertz CT molecular complexity index is 919. The molecule has 0 aliphatic carbocycles. The zero-order chi connectivity index (χ0) is 15.8. The molecule has 0 atom stereocenters. The summed E-state index contributed by atoms with van der Waals surface area (Å²) in [6.45, 7) is 0.900. The first-order chi connectivity index (χ1) is 11.3. The van der Waals surface area contributed by atoms with Gasteiger partial charge in [-0.25, -0.2) is 4.68 Å². The molecule has 1 aliphatic heterocycles. The fourth-order valence-corrected chi connectivity index (χ4v) is 3.10. The molecule has 3 aromatic rings. The lowest BCUT2D eigenvalue weighted by Gasteiger charge is -2.06. The molecule has 0 saturated heterocycles. The van der Waals surface area contributed by atoms with Gasteiger partial charge in [0.2, 0.25) is 0 Å². The lowest BCUT2D eigenvalue weighted by molar-refractivity contribution is 0.882. The van der Waals surface area contributed by atoms with Crippen molar-refractivity contribution in [1.82, 2.24) is 9.78 Å². The van der Waals surface area contributed by atoms with E-state index in [0.717, 1.165) is 35.7 Å². The summed E-state index contributed by atoms with van der Waals surface area (Å²) in [6.07, 6.45) is 0.938. The molecule has 23 heavy (non-hydrogen) atoms. The Morgan fingerprint density at radius 2 is 2.00 bits per heavy atom. The first-order valence-electron chi connectivity index (χ1n) is 7.38. The van der Waals surface area contributed by atoms with Crippen LogP contribution in [0.5, 0.6) is 0 Å². The second-order valence-electron chi connectivity index (χ2n) is 5.43. The molecule has 0 amide bonds. The van der Waals surface area contributed by atoms with Gasteiger partial charge in [0.25, 0.3) is 0 Å². The van der Waals surface area contributed by atoms with Gasteiger partial charge in [-0.05, 0) is 42.8 Å². The Morgan fingerprint density at radius 3 is 2.74 bits per heavy atom. The number of benzene rings is 2. The number of nitrogens with one attached hydrogen (secondary N) is 1. The van der Waals surface area contributed by atoms with Gasteiger partial charge >= 0.3 is 0 Å². The largest absolute Gasteiger partial charge is 0.369 e. The fourth-order valence-electron chi connectivity index (χ4n) is 2.91. The Labute approximate surface area is 138 Å². The lowest BCUT2D eigenvalue weighted by Crippen LogP contribution is -2.04. The lowest BCUT2D eigenvalue weighted by atomic mass is 10.1. The maximum atomic E-state index is 8.94. The average molecular weight is 321 g/mol. The number of nitriles is 1. The number of fused-ring (bicyclic) bond motifs is 1. The monoisotopic (exact) mass is 320 g/mol. The highest BCUT2D eigenvalue weighted by Crippen LogP contribution is 2.35. The van der Waals surface area contributed by atoms with Gasteiger partial charge in [-0.3, -0.25) is 0 Å². The molecule has 2 heterocycles. The Balaban J connectivity index is 1.86. The highest BCUT2D eigenvalue weighted by molar-refractivity contribution is 6.30. The standard InChI is InChI=1S/C18H13ClN4/c19-14-3-1-2-13(10-14)17-16-8-9-21-18(16)23(22-17)15-6-4-12(11-20)5-7-15/h1-7,10,21H,8-9H2. The number of aromatic nitrogens is 2. The predicted molar refractivity (Wildman–Crippen MR) is 90.9 cm³/mol. The molecule has 0 spiro atoms. The molecule has 0 saturated carbocycles. The highest BCUT2D eigenvalue weighted by Gasteiger charge is 2.23. The Kier molecular flexibility index (Phi) is 3.29. The zero-order valence-corrected chi connectivity index (χ0v) is 13.0. The Morgan fingerprint density at radius 1 is 1.17 bits per heavy atom. The van der Waals surface area contributed by atoms with E-state index in [1.807, 2.05) is 41.1 Å². The maximum absolute atomic E-state index is 8.94. The van der Waals surface area contributed by atoms with Crippen LogP contribution >= 0.6 is 11.6 Å². The van der Waals surface area contributed by atoms with Crippen molar-refractivity contribution in [3.63, 3.8) is 0 Å². The van der Waals surface area contributed by atoms with Crippen molar-refractivity contribution in [2.24, 2.45) is 0 Å². The minimum Gasteiger partial charge on any atom is -0.369 e. The van der Waals surface area contributed by atoms with Crippen LogP contribution < -0.4 is 5.32 Å². The topological polar surface area (TPSA) is 53.6 Å². The number of halogens is 1. The van der Waals surface area contributed by atoms with Gasteiger partial charge in [-0.2, -0.15) is 10.4 Å². The van der Waals surface area contributed by atoms with E-state index in [9.17, 15) is 0 Å². The van der Waals surface area contributed by atoms with Crippen LogP contribution in [-0.4, -0.2) is 16.3 Å². The summed E-state index contributed by atoms with van der Waals surface area (Å²) in [5.74, 6) is 1.02. The third-order valence-electron chi connectivity index (χ3n) is 3.99. The molecule has 1 N–H and O–H groups in total. The molecule has 112 valence electrons. The van der Waals surface area contributed by atoms with Crippen molar-refractivity contribution < 1.29 is 0 Å². The summed E-state index contributed by atoms with van der Waals surface area (Å²) >= 11 is 6.12. The van der Waals surface area contributed by atoms with Gasteiger partial charge in [-0.1, -0.05) is 23.7 Å². The van der Waals surface area contributed by atoms with Crippen LogP contribution in [0.1, 0.15) is 11.1 Å². The van der Waals surface area contributed by atoms with Crippen molar-refractivity contribution in [3.8, 4) is 23.0 Å². The summed E-state index contributed by atoms with van der Waals surface area (Å²) in [4.78, 5) is 0. The molecule has 4 nitrogen and oxygen atoms in total. The van der Waals surface area contributed by atoms with E-state index >= 15 is 0 Å². The smallest absolute Gasteiger partial charge is 0.133 e. The van der Waals surface area contributed by atoms with Gasteiger partial charge in [0.15, 0.2) is 0 Å². The number of nitrogens with zero attached hydrogens (tertiary/aromatic N) is 3. The summed E-state index contributed by atoms with van der Waals surface area (Å²) in [5, 5.41) is 17.8. The van der Waals surface area contributed by atoms with E-state index in [0.29, 0.717) is 10.6 Å². The van der Waals surface area contributed by atoms with Crippen molar-refractivity contribution >= 4 is 17.4 Å². The molecule has 1 aromatic heterocycles. The minimum atomic E-state index is 0.639. The van der Waals surface area contributed by atoms with Gasteiger partial charge < -0.3 is 5.32 Å². The normalized spacial score (nSPS) is 12.5. The summed E-state index contributed by atoms with van der Waals surface area (Å²) in [7, 11) is 0. The molecule has 0 fully saturated rings. The van der Waals surface area contributed by atoms with E-state index < -0.39 is 0 Å². The summed E-state index contributed by atoms with van der Waals surface area (Å²) in [5.41, 5.74) is 4.75. The second-order valence-corrected chi connectivity index (χ2v) is 5.87. The van der Waals surface area contributed by atoms with Crippen LogP contribution in [0.3, 0.4) is 0 Å². The van der Waals surface area contributed by atoms with Gasteiger partial charge in [-0.15, -0.1) is 0 Å². The van der Waals surface area contributed by atoms with Crippen molar-refractivity contribution in [1.29, 1.82) is 5.26 Å². The number of hydrogen-bond acceptors (Lipinski definition) is 3. The fraction of sp³-hybridized carbons (Fsp3) is 0.111. The molecular weight excluding hydrogens is 308 g/mol. The van der Waals surface area contributed by atoms with E-state index in [1.54, 1.807) is 12.1 Å². The zero-order valence-electron chi connectivity index (χ0n) is 12.3. The third kappa shape index (κ3) is 2.36. The van der Waals surface area contributed by atoms with Gasteiger partial charge in [0, 0.05) is 22.7 Å². The predicted octanol–water partition coefficient (Wildman–Crippen LogP) is 4.03.